The standard InChI is InChI=1S/C44H49N9O10S3/c1-8-26-21-44(26,41(57)50-49-38(54)25-11-13-27(14-12-25)53(58)59)48-39(55)34-19-29(22-52(34)40(56)37(43(4,5)6)51-66(60,61)36-10-9-17-64-36)63-35-20-32(33-23-65-42(47-33)45-24(2)3)46-31-18-28(62-7)15-16-30(31)35/h8-18,20,23-24,26,29,34,37,51H,1,19,21-22H2,2-7H3,(H,45,47)(H,48,55)(H,49,54)(H,50,57)/t26-,29-,34+,37-,44+/m1/s1. The number of benzene rings is 2. The van der Waals surface area contributed by atoms with E-state index in [1.807, 2.05) is 19.2 Å². The molecule has 0 spiro atoms. The van der Waals surface area contributed by atoms with Crippen molar-refractivity contribution in [1.82, 2.24) is 35.8 Å². The number of carbonyl (C=O) groups is 4. The van der Waals surface area contributed by atoms with Crippen LogP contribution < -0.4 is 35.7 Å². The first-order chi connectivity index (χ1) is 31.2. The molecule has 19 nitrogen and oxygen atoms in total. The number of nitrogens with zero attached hydrogens (tertiary/aromatic N) is 4. The fraction of sp³-hybridized carbons (Fsp3) is 0.364. The Balaban J connectivity index is 1.20. The van der Waals surface area contributed by atoms with Gasteiger partial charge in [0.05, 0.1) is 29.8 Å². The van der Waals surface area contributed by atoms with Crippen LogP contribution in [0.5, 0.6) is 11.5 Å². The first kappa shape index (κ1) is 47.5. The van der Waals surface area contributed by atoms with Gasteiger partial charge in [0.15, 0.2) is 5.13 Å². The minimum Gasteiger partial charge on any atom is -0.497 e. The van der Waals surface area contributed by atoms with Crippen LogP contribution in [0.25, 0.3) is 22.3 Å². The summed E-state index contributed by atoms with van der Waals surface area (Å²) in [5.41, 5.74) is 3.45. The van der Waals surface area contributed by atoms with Gasteiger partial charge in [-0.1, -0.05) is 32.9 Å². The van der Waals surface area contributed by atoms with Crippen LogP contribution in [0.3, 0.4) is 0 Å². The number of thiophene rings is 1. The van der Waals surface area contributed by atoms with E-state index in [4.69, 9.17) is 19.4 Å². The Hall–Kier alpha value is -6.49. The third kappa shape index (κ3) is 10.2. The second-order valence-electron chi connectivity index (χ2n) is 17.3. The van der Waals surface area contributed by atoms with Gasteiger partial charge >= 0.3 is 0 Å². The minimum absolute atomic E-state index is 0.00326. The van der Waals surface area contributed by atoms with Crippen LogP contribution in [0.15, 0.2) is 88.3 Å². The topological polar surface area (TPSA) is 253 Å². The number of thiazole rings is 1. The molecule has 1 saturated heterocycles. The molecule has 0 unspecified atom stereocenters. The van der Waals surface area contributed by atoms with E-state index in [0.717, 1.165) is 23.5 Å². The number of methoxy groups -OCH3 is 1. The lowest BCUT2D eigenvalue weighted by Gasteiger charge is -2.35. The summed E-state index contributed by atoms with van der Waals surface area (Å²) in [5.74, 6) is -2.63. The molecule has 1 aliphatic carbocycles. The van der Waals surface area contributed by atoms with Crippen LogP contribution >= 0.6 is 22.7 Å². The maximum atomic E-state index is 14.9. The molecular weight excluding hydrogens is 911 g/mol. The minimum atomic E-state index is -4.19. The highest BCUT2D eigenvalue weighted by Gasteiger charge is 2.61. The number of nitrogens with one attached hydrogen (secondary N) is 5. The molecule has 2 aliphatic rings. The number of nitro benzene ring substituents is 1. The van der Waals surface area contributed by atoms with Crippen LogP contribution in [0.1, 0.15) is 57.8 Å². The van der Waals surface area contributed by atoms with Crippen molar-refractivity contribution in [3.8, 4) is 22.9 Å². The van der Waals surface area contributed by atoms with Gasteiger partial charge in [-0.25, -0.2) is 18.4 Å². The van der Waals surface area contributed by atoms with Crippen LogP contribution in [-0.4, -0.2) is 95.3 Å². The second-order valence-corrected chi connectivity index (χ2v) is 21.0. The summed E-state index contributed by atoms with van der Waals surface area (Å²) in [6.45, 7) is 12.8. The number of anilines is 1. The second kappa shape index (κ2) is 18.8. The van der Waals surface area contributed by atoms with Gasteiger partial charge in [0.25, 0.3) is 27.5 Å². The SMILES string of the molecule is C=C[C@@H]1C[C@@]1(NC(=O)[C@@H]1C[C@@H](Oc2cc(-c3csc(NC(C)C)n3)nc3cc(OC)ccc23)CN1C(=O)[C@@H](NS(=O)(=O)c1cccs1)C(C)(C)C)C(=O)NNC(=O)c1ccc([N+](=O)[O-])cc1. The fourth-order valence-corrected chi connectivity index (χ4v) is 10.8. The average molecular weight is 960 g/mol. The van der Waals surface area contributed by atoms with Gasteiger partial charge in [-0.2, -0.15) is 4.72 Å². The van der Waals surface area contributed by atoms with Crippen molar-refractivity contribution < 1.29 is 42.0 Å². The van der Waals surface area contributed by atoms with E-state index in [9.17, 15) is 37.7 Å². The Morgan fingerprint density at radius 3 is 2.39 bits per heavy atom. The van der Waals surface area contributed by atoms with E-state index in [2.05, 4.69) is 32.8 Å². The molecule has 1 aliphatic heterocycles. The monoisotopic (exact) mass is 959 g/mol. The van der Waals surface area contributed by atoms with Crippen molar-refractivity contribution in [2.24, 2.45) is 11.3 Å². The Morgan fingerprint density at radius 1 is 1.03 bits per heavy atom. The Labute approximate surface area is 388 Å². The Morgan fingerprint density at radius 2 is 1.77 bits per heavy atom. The number of amides is 4. The number of aromatic nitrogens is 2. The van der Waals surface area contributed by atoms with Crippen molar-refractivity contribution in [3.63, 3.8) is 0 Å². The highest BCUT2D eigenvalue weighted by atomic mass is 32.2. The quantitative estimate of drug-likeness (QED) is 0.0471. The molecule has 66 heavy (non-hydrogen) atoms. The van der Waals surface area contributed by atoms with Crippen LogP contribution in [0, 0.1) is 21.4 Å². The van der Waals surface area contributed by atoms with Crippen LogP contribution in [0.4, 0.5) is 10.8 Å². The lowest BCUT2D eigenvalue weighted by atomic mass is 9.86. The molecule has 0 bridgehead atoms. The number of likely N-dealkylation sites (tertiary alicyclic amines) is 1. The highest BCUT2D eigenvalue weighted by Crippen LogP contribution is 2.45. The number of nitro groups is 1. The summed E-state index contributed by atoms with van der Waals surface area (Å²) in [4.78, 5) is 77.7. The molecule has 5 atom stereocenters. The molecule has 7 rings (SSSR count). The molecule has 4 amide bonds. The number of ether oxygens (including phenoxy) is 2. The van der Waals surface area contributed by atoms with Crippen molar-refractivity contribution in [2.75, 3.05) is 19.0 Å². The number of fused-ring (bicyclic) bond motifs is 1. The third-order valence-corrected chi connectivity index (χ3v) is 14.7. The smallest absolute Gasteiger partial charge is 0.269 e. The van der Waals surface area contributed by atoms with Gasteiger partial charge < -0.3 is 25.0 Å². The van der Waals surface area contributed by atoms with Crippen molar-refractivity contribution in [2.45, 2.75) is 81.4 Å². The van der Waals surface area contributed by atoms with E-state index in [1.54, 1.807) is 56.5 Å². The average Bonchev–Trinajstić information content (AvgIpc) is 3.74. The molecule has 2 fully saturated rings. The molecular formula is C44H49N9O10S3. The van der Waals surface area contributed by atoms with Crippen molar-refractivity contribution in [3.05, 3.63) is 99.8 Å². The van der Waals surface area contributed by atoms with Crippen LogP contribution in [-0.2, 0) is 24.4 Å². The number of sulfonamides is 1. The molecule has 5 aromatic rings. The summed E-state index contributed by atoms with van der Waals surface area (Å²) in [6.07, 6.45) is 0.678. The lowest BCUT2D eigenvalue weighted by Crippen LogP contribution is -2.60. The van der Waals surface area contributed by atoms with E-state index in [0.29, 0.717) is 38.9 Å². The predicted molar refractivity (Wildman–Crippen MR) is 248 cm³/mol. The number of carbonyl (C=O) groups excluding carboxylic acids is 4. The molecule has 3 aromatic heterocycles. The summed E-state index contributed by atoms with van der Waals surface area (Å²) in [7, 11) is -2.65. The van der Waals surface area contributed by atoms with Gasteiger partial charge in [0, 0.05) is 59.0 Å². The molecule has 0 radical (unpaired) electrons. The lowest BCUT2D eigenvalue weighted by molar-refractivity contribution is -0.384. The van der Waals surface area contributed by atoms with Gasteiger partial charge in [-0.15, -0.1) is 29.3 Å². The van der Waals surface area contributed by atoms with E-state index in [-0.39, 0.29) is 40.9 Å². The van der Waals surface area contributed by atoms with Gasteiger partial charge in [-0.3, -0.25) is 40.1 Å². The van der Waals surface area contributed by atoms with Gasteiger partial charge in [0.1, 0.15) is 45.1 Å². The number of pyridine rings is 1. The number of hydrogen-bond donors (Lipinski definition) is 5. The summed E-state index contributed by atoms with van der Waals surface area (Å²) >= 11 is 2.40. The number of rotatable bonds is 16. The normalized spacial score (nSPS) is 19.7. The Bertz CT molecular complexity index is 2790. The summed E-state index contributed by atoms with van der Waals surface area (Å²) in [6, 6.07) is 12.3. The van der Waals surface area contributed by atoms with Crippen LogP contribution in [0.2, 0.25) is 0 Å². The number of non-ortho nitro benzene ring substituents is 1. The molecule has 5 N–H and O–H groups in total. The van der Waals surface area contributed by atoms with E-state index >= 15 is 0 Å². The number of hydrogen-bond acceptors (Lipinski definition) is 15. The molecule has 4 heterocycles. The maximum absolute atomic E-state index is 14.9. The summed E-state index contributed by atoms with van der Waals surface area (Å²) < 4.78 is 42.1. The van der Waals surface area contributed by atoms with E-state index in [1.165, 1.54) is 47.6 Å². The third-order valence-electron chi connectivity index (χ3n) is 11.1. The zero-order valence-corrected chi connectivity index (χ0v) is 39.3. The maximum Gasteiger partial charge on any atom is 0.269 e. The molecule has 348 valence electrons. The molecule has 1 saturated carbocycles. The fourth-order valence-electron chi connectivity index (χ4n) is 7.55. The van der Waals surface area contributed by atoms with Gasteiger partial charge in [0.2, 0.25) is 11.8 Å². The first-order valence-electron chi connectivity index (χ1n) is 20.8. The van der Waals surface area contributed by atoms with E-state index < -0.39 is 73.6 Å². The first-order valence-corrected chi connectivity index (χ1v) is 24.0. The number of hydrazine groups is 1. The Kier molecular flexibility index (Phi) is 13.5. The highest BCUT2D eigenvalue weighted by molar-refractivity contribution is 7.91. The predicted octanol–water partition coefficient (Wildman–Crippen LogP) is 5.42. The molecule has 22 heteroatoms. The molecule has 2 aromatic carbocycles. The van der Waals surface area contributed by atoms with Crippen molar-refractivity contribution in [1.29, 1.82) is 0 Å². The summed E-state index contributed by atoms with van der Waals surface area (Å²) in [5, 5.41) is 22.0. The van der Waals surface area contributed by atoms with Crippen molar-refractivity contribution >= 4 is 78.0 Å². The van der Waals surface area contributed by atoms with Gasteiger partial charge in [-0.05, 0) is 61.4 Å². The zero-order chi connectivity index (χ0) is 47.7. The zero-order valence-electron chi connectivity index (χ0n) is 36.8. The largest absolute Gasteiger partial charge is 0.497 e.